The van der Waals surface area contributed by atoms with Crippen molar-refractivity contribution in [1.29, 1.82) is 0 Å². The van der Waals surface area contributed by atoms with Crippen LogP contribution in [-0.4, -0.2) is 246 Å². The standard InChI is InChI=1S/C79H113N13O28S3/c1-9-15-65(102)119-39-52(67(103)66(43(5)10-2)89-72(108)59-17-12-14-29-92(59)8)51(42(3)4)35-60(120-45(7)93)73-86-57(40-121-73)71(107)82-49(33-46-22-24-50(94)25-23-46)32-44(6)68(104)90-91-79(117)118-30-31-122-123-41-58(76(113)114)85-70(106)56(37-64(100)101)84-69(105)55(36-63(98)99)83-61(95)34-47-18-20-48(21-19-47)38-81-77(115)80-28-13-11-16-53(74(109)110)87-78(116)88-54(75(111)112)26-27-62(96)97/h18-25,40,42-44,49,51-56,58-60,66,94H,9-17,26-39,41H2,1-8H3,(H,82,107)(H,83,95)(H,84,105)(H,85,106)(H,89,108)(H,90,104)(H,91,117)(H,96,97)(H,98,99)(H,100,101)(H,109,110)(H,111,112)(H,113,114)(H2,80,81,115)(H2,87,88,116)/t43?,44-,49+,51+,52?,53-,54-,55-,56-,58-,59+,60+,66-/m0/s1. The number of rotatable bonds is 55. The molecule has 44 heteroatoms. The lowest BCUT2D eigenvalue weighted by atomic mass is 9.74. The van der Waals surface area contributed by atoms with E-state index in [-0.39, 0.29) is 123 Å². The lowest BCUT2D eigenvalue weighted by Gasteiger charge is -2.36. The van der Waals surface area contributed by atoms with Gasteiger partial charge in [0.25, 0.3) is 5.91 Å². The van der Waals surface area contributed by atoms with Gasteiger partial charge in [-0.2, -0.15) is 0 Å². The first kappa shape index (κ1) is 104. The first-order chi connectivity index (χ1) is 58.2. The quantitative estimate of drug-likeness (QED) is 0.0125. The molecular formula is C79H113N13O28S3. The van der Waals surface area contributed by atoms with E-state index < -0.39 is 200 Å². The molecule has 1 aliphatic heterocycles. The van der Waals surface area contributed by atoms with Crippen molar-refractivity contribution in [3.8, 4) is 5.75 Å². The van der Waals surface area contributed by atoms with Gasteiger partial charge in [0.2, 0.25) is 29.5 Å². The molecule has 1 saturated heterocycles. The smallest absolute Gasteiger partial charge is 0.426 e. The van der Waals surface area contributed by atoms with Crippen LogP contribution in [-0.2, 0) is 101 Å². The predicted octanol–water partition coefficient (Wildman–Crippen LogP) is 3.94. The van der Waals surface area contributed by atoms with E-state index in [0.717, 1.165) is 52.3 Å². The number of nitrogens with one attached hydrogen (secondary N) is 11. The number of hydrazine groups is 1. The van der Waals surface area contributed by atoms with Crippen molar-refractivity contribution in [1.82, 2.24) is 68.6 Å². The summed E-state index contributed by atoms with van der Waals surface area (Å²) in [7, 11) is 3.71. The number of carbonyl (C=O) groups excluding carboxylic acids is 12. The molecule has 1 aromatic heterocycles. The highest BCUT2D eigenvalue weighted by Gasteiger charge is 2.42. The Hall–Kier alpha value is -11.4. The van der Waals surface area contributed by atoms with E-state index in [1.807, 2.05) is 51.9 Å². The van der Waals surface area contributed by atoms with E-state index >= 15 is 4.79 Å². The molecule has 123 heavy (non-hydrogen) atoms. The molecule has 2 unspecified atom stereocenters. The number of thiazole rings is 1. The number of likely N-dealkylation sites (tertiary alicyclic amines) is 1. The summed E-state index contributed by atoms with van der Waals surface area (Å²) in [4.78, 5) is 237. The van der Waals surface area contributed by atoms with Crippen LogP contribution in [0.3, 0.4) is 0 Å². The third-order valence-corrected chi connectivity index (χ3v) is 23.0. The Morgan fingerprint density at radius 2 is 1.24 bits per heavy atom. The van der Waals surface area contributed by atoms with E-state index in [0.29, 0.717) is 36.0 Å². The average Bonchev–Trinajstić information content (AvgIpc) is 1.60. The van der Waals surface area contributed by atoms with E-state index in [4.69, 9.17) is 19.3 Å². The van der Waals surface area contributed by atoms with Gasteiger partial charge in [0.1, 0.15) is 59.9 Å². The number of esters is 2. The highest BCUT2D eigenvalue weighted by atomic mass is 33.1. The number of likely N-dealkylation sites (N-methyl/N-ethyl adjacent to an activating group) is 1. The van der Waals surface area contributed by atoms with Crippen molar-refractivity contribution in [3.05, 3.63) is 81.3 Å². The Balaban J connectivity index is 1.29. The van der Waals surface area contributed by atoms with Gasteiger partial charge in [-0.15, -0.1) is 11.3 Å². The number of phenolic OH excluding ortho intramolecular Hbond substituents is 1. The maximum Gasteiger partial charge on any atom is 0.426 e. The van der Waals surface area contributed by atoms with E-state index in [2.05, 4.69) is 58.4 Å². The van der Waals surface area contributed by atoms with E-state index in [9.17, 15) is 112 Å². The molecule has 4 rings (SSSR count). The third-order valence-electron chi connectivity index (χ3n) is 19.7. The molecule has 0 bridgehead atoms. The second kappa shape index (κ2) is 54.2. The molecule has 0 saturated carbocycles. The fourth-order valence-corrected chi connectivity index (χ4v) is 15.7. The number of benzene rings is 2. The molecule has 13 atom stereocenters. The molecule has 0 spiro atoms. The normalized spacial score (nSPS) is 15.5. The minimum absolute atomic E-state index is 0.00376. The largest absolute Gasteiger partial charge is 0.508 e. The van der Waals surface area contributed by atoms with Gasteiger partial charge in [-0.1, -0.05) is 112 Å². The molecule has 18 N–H and O–H groups in total. The van der Waals surface area contributed by atoms with Crippen LogP contribution in [0.25, 0.3) is 0 Å². The number of aromatic hydroxyl groups is 1. The molecule has 2 heterocycles. The maximum absolute atomic E-state index is 15.1. The van der Waals surface area contributed by atoms with Crippen molar-refractivity contribution in [2.24, 2.45) is 29.6 Å². The van der Waals surface area contributed by atoms with Crippen LogP contribution in [0.4, 0.5) is 14.4 Å². The van der Waals surface area contributed by atoms with Crippen molar-refractivity contribution in [2.75, 3.05) is 44.9 Å². The van der Waals surface area contributed by atoms with Crippen molar-refractivity contribution < 1.29 is 136 Å². The zero-order valence-corrected chi connectivity index (χ0v) is 72.0. The summed E-state index contributed by atoms with van der Waals surface area (Å²) >= 11 is 1.02. The van der Waals surface area contributed by atoms with Gasteiger partial charge in [-0.05, 0) is 124 Å². The van der Waals surface area contributed by atoms with Crippen LogP contribution >= 0.6 is 32.9 Å². The molecule has 1 fully saturated rings. The molecule has 3 aromatic rings. The summed E-state index contributed by atoms with van der Waals surface area (Å²) in [5, 5.41) is 90.3. The Labute approximate surface area is 721 Å². The highest BCUT2D eigenvalue weighted by Crippen LogP contribution is 2.38. The number of piperidine rings is 1. The monoisotopic (exact) mass is 1790 g/mol. The topological polar surface area (TPSA) is 625 Å². The number of carboxylic acid groups (broad SMARTS) is 6. The number of ether oxygens (including phenoxy) is 3. The zero-order valence-electron chi connectivity index (χ0n) is 69.6. The lowest BCUT2D eigenvalue weighted by molar-refractivity contribution is -0.151. The van der Waals surface area contributed by atoms with Gasteiger partial charge in [0, 0.05) is 61.7 Å². The zero-order chi connectivity index (χ0) is 91.6. The summed E-state index contributed by atoms with van der Waals surface area (Å²) in [6.45, 7) is 12.2. The van der Waals surface area contributed by atoms with Gasteiger partial charge < -0.3 is 97.8 Å². The minimum atomic E-state index is -2.00. The maximum atomic E-state index is 15.1. The number of ketones is 1. The Morgan fingerprint density at radius 3 is 1.82 bits per heavy atom. The fourth-order valence-electron chi connectivity index (χ4n) is 12.9. The third kappa shape index (κ3) is 39.1. The number of nitrogens with zero attached hydrogens (tertiary/aromatic N) is 2. The van der Waals surface area contributed by atoms with Crippen molar-refractivity contribution in [3.63, 3.8) is 0 Å². The van der Waals surface area contributed by atoms with Gasteiger partial charge >= 0.3 is 65.9 Å². The summed E-state index contributed by atoms with van der Waals surface area (Å²) < 4.78 is 16.8. The molecule has 680 valence electrons. The number of unbranched alkanes of at least 4 members (excludes halogenated alkanes) is 1. The SMILES string of the molecule is CCCC(=O)OCC(C(=O)[C@@H](NC(=O)[C@H]1CCCCN1C)C(C)CC)[C@H](C[C@@H](OC(C)=O)c1nc(C(=O)N[C@@H](Cc2ccc(O)cc2)C[C@H](C)C(=O)NNC(=O)OCCSSC[C@H](NC(=O)[C@H](CC(=O)O)NC(=O)[C@H](CC(=O)O)NC(=O)Cc2ccc(CNC(=O)NCCCC[C@H](NC(=O)N[C@@H](CCC(=O)O)C(=O)O)C(=O)O)cc2)C(=O)O)cs1)C(C)C. The fraction of sp³-hybridized carbons (Fsp3) is 0.582. The first-order valence-corrected chi connectivity index (χ1v) is 43.3. The first-order valence-electron chi connectivity index (χ1n) is 40.0. The molecule has 2 aromatic carbocycles. The number of phenols is 1. The van der Waals surface area contributed by atoms with Crippen molar-refractivity contribution in [2.45, 2.75) is 219 Å². The number of amides is 11. The molecule has 1 aliphatic rings. The molecular weight excluding hydrogens is 1680 g/mol. The summed E-state index contributed by atoms with van der Waals surface area (Å²) in [5.41, 5.74) is 5.84. The van der Waals surface area contributed by atoms with Crippen LogP contribution in [0.15, 0.2) is 53.9 Å². The average molecular weight is 1790 g/mol. The number of Topliss-reactive ketones (excluding diaryl/α,β-unsaturated/α-hetero) is 1. The van der Waals surface area contributed by atoms with E-state index in [1.54, 1.807) is 12.1 Å². The summed E-state index contributed by atoms with van der Waals surface area (Å²) in [6.07, 6.45) is -1.90. The van der Waals surface area contributed by atoms with Gasteiger partial charge in [0.15, 0.2) is 11.9 Å². The number of hydrogen-bond donors (Lipinski definition) is 18. The van der Waals surface area contributed by atoms with Crippen LogP contribution in [0.1, 0.15) is 183 Å². The van der Waals surface area contributed by atoms with Gasteiger partial charge in [0.05, 0.1) is 37.3 Å². The Bertz CT molecular complexity index is 4100. The van der Waals surface area contributed by atoms with Crippen LogP contribution in [0, 0.1) is 29.6 Å². The number of urea groups is 2. The molecule has 0 radical (unpaired) electrons. The molecule has 11 amide bonds. The predicted molar refractivity (Wildman–Crippen MR) is 444 cm³/mol. The van der Waals surface area contributed by atoms with Crippen LogP contribution < -0.4 is 58.7 Å². The second-order valence-corrected chi connectivity index (χ2v) is 33.4. The van der Waals surface area contributed by atoms with E-state index in [1.165, 1.54) is 55.6 Å². The second-order valence-electron chi connectivity index (χ2n) is 29.9. The van der Waals surface area contributed by atoms with Gasteiger partial charge in [-0.3, -0.25) is 67.9 Å². The number of aromatic nitrogens is 1. The number of aliphatic carboxylic acids is 6. The number of carbonyl (C=O) groups is 18. The summed E-state index contributed by atoms with van der Waals surface area (Å²) in [5.74, 6) is -19.4. The highest BCUT2D eigenvalue weighted by molar-refractivity contribution is 8.76. The molecule has 41 nitrogen and oxygen atoms in total. The van der Waals surface area contributed by atoms with Crippen LogP contribution in [0.5, 0.6) is 5.75 Å². The number of hydrogen-bond acceptors (Lipinski definition) is 27. The van der Waals surface area contributed by atoms with Crippen molar-refractivity contribution >= 4 is 140 Å². The molecule has 0 aliphatic carbocycles. The Kier molecular flexibility index (Phi) is 45.8. The number of carboxylic acids is 6. The van der Waals surface area contributed by atoms with Crippen LogP contribution in [0.2, 0.25) is 0 Å². The summed E-state index contributed by atoms with van der Waals surface area (Å²) in [6, 6.07) is -0.456. The minimum Gasteiger partial charge on any atom is -0.508 e. The van der Waals surface area contributed by atoms with Gasteiger partial charge in [-0.25, -0.2) is 39.2 Å². The lowest BCUT2D eigenvalue weighted by Crippen LogP contribution is -2.57. The Morgan fingerprint density at radius 1 is 0.626 bits per heavy atom.